The van der Waals surface area contributed by atoms with E-state index in [1.54, 1.807) is 30.5 Å². The van der Waals surface area contributed by atoms with Gasteiger partial charge in [0.2, 0.25) is 10.9 Å². The Morgan fingerprint density at radius 3 is 2.79 bits per heavy atom. The lowest BCUT2D eigenvalue weighted by atomic mass is 9.82. The van der Waals surface area contributed by atoms with Gasteiger partial charge < -0.3 is 10.3 Å². The van der Waals surface area contributed by atoms with Gasteiger partial charge in [-0.05, 0) is 61.6 Å². The van der Waals surface area contributed by atoms with Crippen LogP contribution in [0, 0.1) is 12.5 Å². The number of ketones is 1. The number of hydrogen-bond donors (Lipinski definition) is 1. The van der Waals surface area contributed by atoms with E-state index in [4.69, 9.17) is 17.3 Å². The maximum absolute atomic E-state index is 12.9. The molecule has 1 aliphatic carbocycles. The zero-order chi connectivity index (χ0) is 23.7. The largest absolute Gasteiger partial charge is 0.366 e. The molecular formula is C26H23N5O2S. The Balaban J connectivity index is 1.48. The molecule has 1 aliphatic rings. The number of amides is 1. The smallest absolute Gasteiger partial charge is 0.248 e. The second-order valence-electron chi connectivity index (χ2n) is 8.65. The number of carbonyl (C=O) groups excluding carboxylic acids is 2. The van der Waals surface area contributed by atoms with Crippen LogP contribution >= 0.6 is 11.3 Å². The number of carbonyl (C=O) groups is 2. The predicted molar refractivity (Wildman–Crippen MR) is 132 cm³/mol. The molecule has 34 heavy (non-hydrogen) atoms. The number of pyridine rings is 1. The molecule has 1 aromatic carbocycles. The summed E-state index contributed by atoms with van der Waals surface area (Å²) in [7, 11) is 0. The molecule has 5 rings (SSSR count). The van der Waals surface area contributed by atoms with E-state index in [0.29, 0.717) is 27.4 Å². The summed E-state index contributed by atoms with van der Waals surface area (Å²) in [6.07, 6.45) is 6.08. The SMILES string of the molecule is [C-]#[N+]c1ccc(C(=O)CC2CCCC(n3c(-c4ccccn4)nc4cc(C(N)=O)ccc43)C2)s1. The van der Waals surface area contributed by atoms with Crippen LogP contribution < -0.4 is 5.73 Å². The van der Waals surface area contributed by atoms with E-state index in [1.165, 1.54) is 11.3 Å². The summed E-state index contributed by atoms with van der Waals surface area (Å²) in [5.74, 6) is 0.636. The van der Waals surface area contributed by atoms with Crippen molar-refractivity contribution in [2.75, 3.05) is 0 Å². The Morgan fingerprint density at radius 2 is 2.06 bits per heavy atom. The molecule has 0 radical (unpaired) electrons. The third kappa shape index (κ3) is 4.22. The Labute approximate surface area is 201 Å². The maximum Gasteiger partial charge on any atom is 0.248 e. The van der Waals surface area contributed by atoms with Crippen LogP contribution in [0.25, 0.3) is 27.4 Å². The zero-order valence-electron chi connectivity index (χ0n) is 18.5. The highest BCUT2D eigenvalue weighted by Crippen LogP contribution is 2.40. The van der Waals surface area contributed by atoms with E-state index < -0.39 is 5.91 Å². The second-order valence-corrected chi connectivity index (χ2v) is 9.71. The highest BCUT2D eigenvalue weighted by Gasteiger charge is 2.29. The maximum atomic E-state index is 12.9. The van der Waals surface area contributed by atoms with Crippen LogP contribution in [0.2, 0.25) is 0 Å². The number of hydrogen-bond acceptors (Lipinski definition) is 5. The Kier molecular flexibility index (Phi) is 5.95. The molecule has 2 unspecified atom stereocenters. The minimum absolute atomic E-state index is 0.108. The number of primary amides is 1. The number of nitrogens with two attached hydrogens (primary N) is 1. The van der Waals surface area contributed by atoms with Gasteiger partial charge in [-0.25, -0.2) is 9.83 Å². The molecule has 1 fully saturated rings. The van der Waals surface area contributed by atoms with Crippen molar-refractivity contribution in [3.05, 3.63) is 76.6 Å². The van der Waals surface area contributed by atoms with Crippen molar-refractivity contribution in [1.29, 1.82) is 0 Å². The number of imidazole rings is 1. The fourth-order valence-corrected chi connectivity index (χ4v) is 5.62. The number of thiophene rings is 1. The van der Waals surface area contributed by atoms with Crippen molar-refractivity contribution in [1.82, 2.24) is 14.5 Å². The molecular weight excluding hydrogens is 446 g/mol. The molecule has 2 atom stereocenters. The minimum atomic E-state index is -0.484. The molecule has 2 N–H and O–H groups in total. The average molecular weight is 470 g/mol. The third-order valence-corrected chi connectivity index (χ3v) is 7.46. The van der Waals surface area contributed by atoms with Gasteiger partial charge >= 0.3 is 0 Å². The van der Waals surface area contributed by atoms with Crippen molar-refractivity contribution in [2.24, 2.45) is 11.7 Å². The highest BCUT2D eigenvalue weighted by atomic mass is 32.1. The van der Waals surface area contributed by atoms with E-state index in [2.05, 4.69) is 14.4 Å². The van der Waals surface area contributed by atoms with Gasteiger partial charge in [0, 0.05) is 24.2 Å². The van der Waals surface area contributed by atoms with E-state index in [-0.39, 0.29) is 17.7 Å². The van der Waals surface area contributed by atoms with Crippen LogP contribution in [-0.2, 0) is 0 Å². The molecule has 0 spiro atoms. The molecule has 8 heteroatoms. The summed E-state index contributed by atoms with van der Waals surface area (Å²) in [5, 5.41) is 0.546. The highest BCUT2D eigenvalue weighted by molar-refractivity contribution is 7.18. The first-order valence-electron chi connectivity index (χ1n) is 11.3. The van der Waals surface area contributed by atoms with Crippen LogP contribution in [0.4, 0.5) is 5.00 Å². The van der Waals surface area contributed by atoms with Crippen molar-refractivity contribution in [3.8, 4) is 11.5 Å². The summed E-state index contributed by atoms with van der Waals surface area (Å²) in [6, 6.07) is 14.7. The standard InChI is InChI=1S/C26H23N5O2S/c1-28-24-11-10-23(34-24)22(32)14-16-5-4-6-18(13-16)31-21-9-8-17(25(27)33)15-20(21)30-26(31)19-7-2-3-12-29-19/h2-3,7-12,15-16,18H,4-6,13-14H2,(H2,27,33). The van der Waals surface area contributed by atoms with Gasteiger partial charge in [0.05, 0.1) is 22.5 Å². The molecule has 1 saturated carbocycles. The third-order valence-electron chi connectivity index (χ3n) is 6.44. The molecule has 0 aliphatic heterocycles. The second kappa shape index (κ2) is 9.20. The first-order chi connectivity index (χ1) is 16.5. The summed E-state index contributed by atoms with van der Waals surface area (Å²) >= 11 is 1.27. The molecule has 0 saturated heterocycles. The molecule has 3 heterocycles. The van der Waals surface area contributed by atoms with Crippen LogP contribution in [-0.4, -0.2) is 26.2 Å². The van der Waals surface area contributed by atoms with E-state index in [1.807, 2.05) is 24.3 Å². The molecule has 170 valence electrons. The van der Waals surface area contributed by atoms with Crippen molar-refractivity contribution in [2.45, 2.75) is 38.1 Å². The van der Waals surface area contributed by atoms with Gasteiger partial charge in [-0.3, -0.25) is 14.6 Å². The molecule has 3 aromatic heterocycles. The van der Waals surface area contributed by atoms with Gasteiger partial charge in [-0.2, -0.15) is 11.3 Å². The number of fused-ring (bicyclic) bond motifs is 1. The number of nitrogens with zero attached hydrogens (tertiary/aromatic N) is 4. The monoisotopic (exact) mass is 469 g/mol. The lowest BCUT2D eigenvalue weighted by Gasteiger charge is -2.31. The Hall–Kier alpha value is -3.83. The Bertz CT molecular complexity index is 1420. The summed E-state index contributed by atoms with van der Waals surface area (Å²) < 4.78 is 2.22. The number of rotatable bonds is 6. The topological polar surface area (TPSA) is 95.2 Å². The first-order valence-corrected chi connectivity index (χ1v) is 12.1. The summed E-state index contributed by atoms with van der Waals surface area (Å²) in [5.41, 5.74) is 8.32. The number of aromatic nitrogens is 3. The van der Waals surface area contributed by atoms with Crippen LogP contribution in [0.1, 0.15) is 58.2 Å². The lowest BCUT2D eigenvalue weighted by Crippen LogP contribution is -2.22. The summed E-state index contributed by atoms with van der Waals surface area (Å²) in [6.45, 7) is 7.14. The van der Waals surface area contributed by atoms with Gasteiger partial charge in [-0.1, -0.05) is 18.6 Å². The Morgan fingerprint density at radius 1 is 1.18 bits per heavy atom. The van der Waals surface area contributed by atoms with Crippen LogP contribution in [0.3, 0.4) is 0 Å². The fourth-order valence-electron chi connectivity index (χ4n) is 4.88. The normalized spacial score (nSPS) is 18.0. The molecule has 0 bridgehead atoms. The van der Waals surface area contributed by atoms with E-state index >= 15 is 0 Å². The summed E-state index contributed by atoms with van der Waals surface area (Å²) in [4.78, 5) is 38.0. The van der Waals surface area contributed by atoms with Gasteiger partial charge in [0.1, 0.15) is 5.69 Å². The van der Waals surface area contributed by atoms with Gasteiger partial charge in [0.25, 0.3) is 0 Å². The average Bonchev–Trinajstić information content (AvgIpc) is 3.49. The lowest BCUT2D eigenvalue weighted by molar-refractivity contribution is 0.0944. The van der Waals surface area contributed by atoms with Crippen molar-refractivity contribution >= 4 is 39.1 Å². The van der Waals surface area contributed by atoms with Gasteiger partial charge in [0.15, 0.2) is 11.6 Å². The van der Waals surface area contributed by atoms with Crippen molar-refractivity contribution < 1.29 is 9.59 Å². The fraction of sp³-hybridized carbons (Fsp3) is 0.269. The molecule has 7 nitrogen and oxygen atoms in total. The minimum Gasteiger partial charge on any atom is -0.366 e. The molecule has 1 amide bonds. The quantitative estimate of drug-likeness (QED) is 0.285. The predicted octanol–water partition coefficient (Wildman–Crippen LogP) is 5.81. The first kappa shape index (κ1) is 22.0. The van der Waals surface area contributed by atoms with Crippen LogP contribution in [0.15, 0.2) is 54.7 Å². The molecule has 4 aromatic rings. The van der Waals surface area contributed by atoms with Crippen LogP contribution in [0.5, 0.6) is 0 Å². The van der Waals surface area contributed by atoms with E-state index in [9.17, 15) is 9.59 Å². The zero-order valence-corrected chi connectivity index (χ0v) is 19.3. The van der Waals surface area contributed by atoms with Crippen molar-refractivity contribution in [3.63, 3.8) is 0 Å². The number of Topliss-reactive ketones (excluding diaryl/α,β-unsaturated/α-hetero) is 1. The van der Waals surface area contributed by atoms with E-state index in [0.717, 1.165) is 42.7 Å². The number of benzene rings is 1. The van der Waals surface area contributed by atoms with Gasteiger partial charge in [-0.15, -0.1) is 0 Å².